The largest absolute Gasteiger partial charge is 0.435 e. The van der Waals surface area contributed by atoms with Crippen LogP contribution in [-0.4, -0.2) is 61.2 Å². The molecule has 12 heteroatoms. The van der Waals surface area contributed by atoms with Crippen LogP contribution in [0.5, 0.6) is 5.75 Å². The van der Waals surface area contributed by atoms with Gasteiger partial charge in [-0.15, -0.1) is 0 Å². The molecule has 3 rings (SSSR count). The van der Waals surface area contributed by atoms with Crippen molar-refractivity contribution in [2.24, 2.45) is 0 Å². The van der Waals surface area contributed by atoms with Crippen LogP contribution in [0.2, 0.25) is 0 Å². The molecule has 1 saturated heterocycles. The van der Waals surface area contributed by atoms with Gasteiger partial charge in [0.15, 0.2) is 0 Å². The zero-order chi connectivity index (χ0) is 23.3. The second-order valence-electron chi connectivity index (χ2n) is 6.76. The minimum Gasteiger partial charge on any atom is -0.435 e. The van der Waals surface area contributed by atoms with Gasteiger partial charge in [-0.25, -0.2) is 8.42 Å². The third kappa shape index (κ3) is 5.65. The number of ether oxygens (including phenoxy) is 1. The van der Waals surface area contributed by atoms with Crippen LogP contribution in [0.25, 0.3) is 6.08 Å². The van der Waals surface area contributed by atoms with E-state index in [0.29, 0.717) is 5.56 Å². The number of carbonyl (C=O) groups is 1. The van der Waals surface area contributed by atoms with Gasteiger partial charge in [-0.2, -0.15) is 13.1 Å². The Morgan fingerprint density at radius 1 is 1.03 bits per heavy atom. The van der Waals surface area contributed by atoms with Gasteiger partial charge in [-0.05, 0) is 35.9 Å². The number of non-ortho nitro benzene ring substituents is 1. The maximum atomic E-state index is 12.7. The van der Waals surface area contributed by atoms with Crippen molar-refractivity contribution >= 4 is 27.7 Å². The Morgan fingerprint density at radius 3 is 2.16 bits per heavy atom. The third-order valence-electron chi connectivity index (χ3n) is 4.76. The van der Waals surface area contributed by atoms with Crippen molar-refractivity contribution in [3.8, 4) is 5.75 Å². The number of benzene rings is 2. The topological polar surface area (TPSA) is 110 Å². The zero-order valence-corrected chi connectivity index (χ0v) is 17.5. The lowest BCUT2D eigenvalue weighted by Crippen LogP contribution is -2.50. The zero-order valence-electron chi connectivity index (χ0n) is 16.6. The quantitative estimate of drug-likeness (QED) is 0.352. The highest BCUT2D eigenvalue weighted by molar-refractivity contribution is 7.89. The minimum atomic E-state index is -3.83. The molecule has 0 spiro atoms. The maximum absolute atomic E-state index is 12.7. The number of hydrogen-bond donors (Lipinski definition) is 0. The Kier molecular flexibility index (Phi) is 7.15. The van der Waals surface area contributed by atoms with Crippen molar-refractivity contribution in [2.75, 3.05) is 26.2 Å². The number of rotatable bonds is 7. The molecule has 0 radical (unpaired) electrons. The molecule has 0 N–H and O–H groups in total. The van der Waals surface area contributed by atoms with Crippen molar-refractivity contribution in [2.45, 2.75) is 11.5 Å². The maximum Gasteiger partial charge on any atom is 0.387 e. The number of carbonyl (C=O) groups excluding carboxylic acids is 1. The Labute approximate surface area is 182 Å². The fourth-order valence-electron chi connectivity index (χ4n) is 3.07. The van der Waals surface area contributed by atoms with Crippen LogP contribution in [0.1, 0.15) is 5.56 Å². The molecule has 1 amide bonds. The predicted molar refractivity (Wildman–Crippen MR) is 111 cm³/mol. The lowest BCUT2D eigenvalue weighted by Gasteiger charge is -2.33. The fourth-order valence-corrected chi connectivity index (χ4v) is 4.49. The van der Waals surface area contributed by atoms with Gasteiger partial charge in [0.05, 0.1) is 9.82 Å². The van der Waals surface area contributed by atoms with E-state index in [0.717, 1.165) is 12.1 Å². The number of piperazine rings is 1. The smallest absolute Gasteiger partial charge is 0.387 e. The molecule has 1 heterocycles. The molecule has 0 aromatic heterocycles. The van der Waals surface area contributed by atoms with Crippen molar-refractivity contribution in [3.63, 3.8) is 0 Å². The van der Waals surface area contributed by atoms with Gasteiger partial charge < -0.3 is 9.64 Å². The normalized spacial score (nSPS) is 15.3. The van der Waals surface area contributed by atoms with E-state index in [4.69, 9.17) is 0 Å². The number of nitrogens with zero attached hydrogens (tertiary/aromatic N) is 3. The molecular formula is C20H19F2N3O6S. The van der Waals surface area contributed by atoms with E-state index in [1.807, 2.05) is 0 Å². The second kappa shape index (κ2) is 9.83. The summed E-state index contributed by atoms with van der Waals surface area (Å²) in [6.07, 6.45) is 2.85. The van der Waals surface area contributed by atoms with Crippen molar-refractivity contribution in [1.82, 2.24) is 9.21 Å². The number of sulfonamides is 1. The average molecular weight is 467 g/mol. The molecule has 0 atom stereocenters. The minimum absolute atomic E-state index is 0.00817. The molecule has 1 aliphatic heterocycles. The Morgan fingerprint density at radius 2 is 1.62 bits per heavy atom. The number of nitro benzene ring substituents is 1. The molecule has 1 aliphatic rings. The Hall–Kier alpha value is -3.38. The summed E-state index contributed by atoms with van der Waals surface area (Å²) in [6.45, 7) is -2.40. The summed E-state index contributed by atoms with van der Waals surface area (Å²) in [6, 6.07) is 10.4. The van der Waals surface area contributed by atoms with E-state index >= 15 is 0 Å². The molecule has 1 fully saturated rings. The third-order valence-corrected chi connectivity index (χ3v) is 6.67. The molecule has 32 heavy (non-hydrogen) atoms. The van der Waals surface area contributed by atoms with Gasteiger partial charge in [-0.3, -0.25) is 14.9 Å². The lowest BCUT2D eigenvalue weighted by molar-refractivity contribution is -0.384. The number of amides is 1. The van der Waals surface area contributed by atoms with E-state index in [-0.39, 0.29) is 48.4 Å². The van der Waals surface area contributed by atoms with Gasteiger partial charge >= 0.3 is 6.61 Å². The van der Waals surface area contributed by atoms with Gasteiger partial charge in [0, 0.05) is 44.4 Å². The molecule has 170 valence electrons. The standard InChI is InChI=1S/C20H19F2N3O6S/c21-20(22)31-17-6-1-15(2-7-17)3-10-19(26)23-11-13-24(14-12-23)32(29,30)18-8-4-16(5-9-18)25(27)28/h1-10,20H,11-14H2. The van der Waals surface area contributed by atoms with Crippen molar-refractivity contribution < 1.29 is 31.7 Å². The highest BCUT2D eigenvalue weighted by atomic mass is 32.2. The molecule has 9 nitrogen and oxygen atoms in total. The van der Waals surface area contributed by atoms with Gasteiger partial charge in [0.1, 0.15) is 5.75 Å². The van der Waals surface area contributed by atoms with E-state index < -0.39 is 21.6 Å². The molecule has 2 aromatic rings. The first-order valence-corrected chi connectivity index (χ1v) is 10.9. The summed E-state index contributed by atoms with van der Waals surface area (Å²) in [5.41, 5.74) is 0.404. The summed E-state index contributed by atoms with van der Waals surface area (Å²) < 4.78 is 55.3. The van der Waals surface area contributed by atoms with E-state index in [2.05, 4.69) is 4.74 Å². The Balaban J connectivity index is 1.57. The summed E-state index contributed by atoms with van der Waals surface area (Å²) >= 11 is 0. The van der Waals surface area contributed by atoms with Crippen LogP contribution >= 0.6 is 0 Å². The van der Waals surface area contributed by atoms with Crippen molar-refractivity contribution in [1.29, 1.82) is 0 Å². The highest BCUT2D eigenvalue weighted by Crippen LogP contribution is 2.21. The molecule has 0 bridgehead atoms. The number of alkyl halides is 2. The second-order valence-corrected chi connectivity index (χ2v) is 8.70. The number of halogens is 2. The van der Waals surface area contributed by atoms with Crippen LogP contribution in [0.15, 0.2) is 59.5 Å². The molecule has 0 aliphatic carbocycles. The number of hydrogen-bond acceptors (Lipinski definition) is 6. The Bertz CT molecular complexity index is 1100. The van der Waals surface area contributed by atoms with Crippen molar-refractivity contribution in [3.05, 3.63) is 70.3 Å². The highest BCUT2D eigenvalue weighted by Gasteiger charge is 2.29. The first kappa shape index (κ1) is 23.3. The summed E-state index contributed by atoms with van der Waals surface area (Å²) in [5.74, 6) is -0.306. The molecule has 2 aromatic carbocycles. The first-order chi connectivity index (χ1) is 15.2. The van der Waals surface area contributed by atoms with Gasteiger partial charge in [0.25, 0.3) is 5.69 Å². The SMILES string of the molecule is O=C(C=Cc1ccc(OC(F)F)cc1)N1CCN(S(=O)(=O)c2ccc([N+](=O)[O-])cc2)CC1. The monoisotopic (exact) mass is 467 g/mol. The predicted octanol–water partition coefficient (Wildman–Crippen LogP) is 2.74. The van der Waals surface area contributed by atoms with Gasteiger partial charge in [0.2, 0.25) is 15.9 Å². The van der Waals surface area contributed by atoms with E-state index in [1.54, 1.807) is 0 Å². The van der Waals surface area contributed by atoms with Crippen LogP contribution in [0.4, 0.5) is 14.5 Å². The lowest BCUT2D eigenvalue weighted by atomic mass is 10.2. The molecular weight excluding hydrogens is 448 g/mol. The van der Waals surface area contributed by atoms with Crippen LogP contribution in [-0.2, 0) is 14.8 Å². The van der Waals surface area contributed by atoms with Crippen LogP contribution < -0.4 is 4.74 Å². The fraction of sp³-hybridized carbons (Fsp3) is 0.250. The molecule has 0 saturated carbocycles. The van der Waals surface area contributed by atoms with E-state index in [9.17, 15) is 32.1 Å². The summed E-state index contributed by atoms with van der Waals surface area (Å²) in [5, 5.41) is 10.7. The number of nitro groups is 1. The van der Waals surface area contributed by atoms with Crippen LogP contribution in [0.3, 0.4) is 0 Å². The van der Waals surface area contributed by atoms with Crippen LogP contribution in [0, 0.1) is 10.1 Å². The summed E-state index contributed by atoms with van der Waals surface area (Å²) in [7, 11) is -3.83. The van der Waals surface area contributed by atoms with Gasteiger partial charge in [-0.1, -0.05) is 12.1 Å². The average Bonchev–Trinajstić information content (AvgIpc) is 2.78. The van der Waals surface area contributed by atoms with E-state index in [1.165, 1.54) is 57.8 Å². The molecule has 0 unspecified atom stereocenters. The summed E-state index contributed by atoms with van der Waals surface area (Å²) in [4.78, 5) is 24.0. The first-order valence-electron chi connectivity index (χ1n) is 9.43.